The van der Waals surface area contributed by atoms with Crippen molar-refractivity contribution in [2.75, 3.05) is 6.54 Å². The van der Waals surface area contributed by atoms with Gasteiger partial charge in [-0.05, 0) is 57.7 Å². The van der Waals surface area contributed by atoms with Crippen LogP contribution in [-0.4, -0.2) is 34.2 Å². The van der Waals surface area contributed by atoms with E-state index in [9.17, 15) is 4.79 Å². The molecule has 1 aliphatic rings. The van der Waals surface area contributed by atoms with Gasteiger partial charge < -0.3 is 9.64 Å². The van der Waals surface area contributed by atoms with Crippen LogP contribution >= 0.6 is 0 Å². The minimum absolute atomic E-state index is 0.182. The minimum atomic E-state index is -0.414. The standard InChI is InChI=1S/C15H22N2O2/c1-15(2,3)19-14(18)17-11-8-13(17)5-4-12-6-9-16-10-7-12/h6-7,9-10,13H,4-5,8,11H2,1-3H3. The van der Waals surface area contributed by atoms with Crippen LogP contribution in [0.3, 0.4) is 0 Å². The number of carbonyl (C=O) groups is 1. The van der Waals surface area contributed by atoms with E-state index >= 15 is 0 Å². The Hall–Kier alpha value is -1.58. The lowest BCUT2D eigenvalue weighted by atomic mass is 9.96. The number of aryl methyl sites for hydroxylation is 1. The maximum Gasteiger partial charge on any atom is 0.410 e. The molecule has 1 amide bonds. The summed E-state index contributed by atoms with van der Waals surface area (Å²) in [5.41, 5.74) is 0.855. The Kier molecular flexibility index (Phi) is 4.08. The highest BCUT2D eigenvalue weighted by atomic mass is 16.6. The molecule has 4 nitrogen and oxygen atoms in total. The lowest BCUT2D eigenvalue weighted by Crippen LogP contribution is -2.52. The van der Waals surface area contributed by atoms with Crippen LogP contribution in [0.25, 0.3) is 0 Å². The number of hydrogen-bond donors (Lipinski definition) is 0. The van der Waals surface area contributed by atoms with Gasteiger partial charge in [0.2, 0.25) is 0 Å². The Bertz CT molecular complexity index is 426. The van der Waals surface area contributed by atoms with Crippen molar-refractivity contribution >= 4 is 6.09 Å². The quantitative estimate of drug-likeness (QED) is 0.841. The van der Waals surface area contributed by atoms with Crippen LogP contribution in [0.15, 0.2) is 24.5 Å². The van der Waals surface area contributed by atoms with Gasteiger partial charge >= 0.3 is 6.09 Å². The molecule has 1 fully saturated rings. The molecule has 2 heterocycles. The Balaban J connectivity index is 1.81. The van der Waals surface area contributed by atoms with Crippen molar-refractivity contribution in [3.8, 4) is 0 Å². The van der Waals surface area contributed by atoms with Crippen LogP contribution in [0.2, 0.25) is 0 Å². The molecular formula is C15H22N2O2. The minimum Gasteiger partial charge on any atom is -0.444 e. The molecule has 1 saturated heterocycles. The molecule has 1 aromatic rings. The van der Waals surface area contributed by atoms with Crippen molar-refractivity contribution < 1.29 is 9.53 Å². The van der Waals surface area contributed by atoms with Crippen LogP contribution in [0.1, 0.15) is 39.2 Å². The number of ether oxygens (including phenoxy) is 1. The number of rotatable bonds is 3. The van der Waals surface area contributed by atoms with Crippen molar-refractivity contribution in [2.24, 2.45) is 0 Å². The molecule has 2 rings (SSSR count). The molecule has 0 aliphatic carbocycles. The number of amides is 1. The molecular weight excluding hydrogens is 240 g/mol. The summed E-state index contributed by atoms with van der Waals surface area (Å²) in [5, 5.41) is 0. The van der Waals surface area contributed by atoms with Gasteiger partial charge in [-0.25, -0.2) is 4.79 Å². The molecule has 1 atom stereocenters. The molecule has 1 unspecified atom stereocenters. The summed E-state index contributed by atoms with van der Waals surface area (Å²) in [7, 11) is 0. The van der Waals surface area contributed by atoms with E-state index in [1.165, 1.54) is 5.56 Å². The highest BCUT2D eigenvalue weighted by molar-refractivity contribution is 5.69. The van der Waals surface area contributed by atoms with Gasteiger partial charge in [-0.15, -0.1) is 0 Å². The Morgan fingerprint density at radius 2 is 2.11 bits per heavy atom. The second-order valence-corrected chi connectivity index (χ2v) is 6.01. The van der Waals surface area contributed by atoms with Gasteiger partial charge in [-0.1, -0.05) is 0 Å². The monoisotopic (exact) mass is 262 g/mol. The summed E-state index contributed by atoms with van der Waals surface area (Å²) in [6.45, 7) is 6.51. The van der Waals surface area contributed by atoms with Crippen molar-refractivity contribution in [3.63, 3.8) is 0 Å². The van der Waals surface area contributed by atoms with Gasteiger partial charge in [-0.3, -0.25) is 4.98 Å². The van der Waals surface area contributed by atoms with E-state index in [-0.39, 0.29) is 6.09 Å². The van der Waals surface area contributed by atoms with Gasteiger partial charge in [0.05, 0.1) is 0 Å². The summed E-state index contributed by atoms with van der Waals surface area (Å²) in [6, 6.07) is 4.37. The van der Waals surface area contributed by atoms with E-state index in [0.717, 1.165) is 25.8 Å². The highest BCUT2D eigenvalue weighted by Crippen LogP contribution is 2.24. The predicted molar refractivity (Wildman–Crippen MR) is 73.9 cm³/mol. The SMILES string of the molecule is CC(C)(C)OC(=O)N1CCC1CCc1ccncc1. The van der Waals surface area contributed by atoms with Gasteiger partial charge in [0.1, 0.15) is 5.60 Å². The topological polar surface area (TPSA) is 42.4 Å². The average molecular weight is 262 g/mol. The maximum atomic E-state index is 12.0. The highest BCUT2D eigenvalue weighted by Gasteiger charge is 2.34. The van der Waals surface area contributed by atoms with Crippen molar-refractivity contribution in [2.45, 2.75) is 51.7 Å². The third kappa shape index (κ3) is 3.94. The van der Waals surface area contributed by atoms with Crippen LogP contribution in [0.5, 0.6) is 0 Å². The largest absolute Gasteiger partial charge is 0.444 e. The van der Waals surface area contributed by atoms with Crippen molar-refractivity contribution in [1.29, 1.82) is 0 Å². The maximum absolute atomic E-state index is 12.0. The fourth-order valence-electron chi connectivity index (χ4n) is 2.18. The van der Waals surface area contributed by atoms with E-state index < -0.39 is 5.60 Å². The first-order valence-electron chi connectivity index (χ1n) is 6.84. The van der Waals surface area contributed by atoms with E-state index in [1.54, 1.807) is 0 Å². The molecule has 0 radical (unpaired) electrons. The molecule has 0 aromatic carbocycles. The van der Waals surface area contributed by atoms with Gasteiger partial charge in [0.15, 0.2) is 0 Å². The van der Waals surface area contributed by atoms with Gasteiger partial charge in [-0.2, -0.15) is 0 Å². The number of pyridine rings is 1. The zero-order valence-electron chi connectivity index (χ0n) is 11.9. The molecule has 0 spiro atoms. The first kappa shape index (κ1) is 13.8. The molecule has 0 saturated carbocycles. The van der Waals surface area contributed by atoms with Crippen LogP contribution in [-0.2, 0) is 11.2 Å². The van der Waals surface area contributed by atoms with Gasteiger partial charge in [0, 0.05) is 25.0 Å². The van der Waals surface area contributed by atoms with Crippen molar-refractivity contribution in [1.82, 2.24) is 9.88 Å². The lowest BCUT2D eigenvalue weighted by molar-refractivity contribution is -0.00655. The Labute approximate surface area is 114 Å². The molecule has 0 bridgehead atoms. The summed E-state index contributed by atoms with van der Waals surface area (Å²) in [6.07, 6.45) is 6.47. The molecule has 4 heteroatoms. The molecule has 1 aliphatic heterocycles. The number of carbonyl (C=O) groups excluding carboxylic acids is 1. The summed E-state index contributed by atoms with van der Waals surface area (Å²) in [5.74, 6) is 0. The normalized spacial score (nSPS) is 18.9. The third-order valence-corrected chi connectivity index (χ3v) is 3.29. The third-order valence-electron chi connectivity index (χ3n) is 3.29. The molecule has 1 aromatic heterocycles. The molecule has 104 valence electrons. The van der Waals surface area contributed by atoms with Crippen LogP contribution < -0.4 is 0 Å². The zero-order valence-corrected chi connectivity index (χ0v) is 11.9. The molecule has 19 heavy (non-hydrogen) atoms. The fraction of sp³-hybridized carbons (Fsp3) is 0.600. The van der Waals surface area contributed by atoms with Crippen LogP contribution in [0, 0.1) is 0 Å². The summed E-state index contributed by atoms with van der Waals surface area (Å²) < 4.78 is 5.40. The van der Waals surface area contributed by atoms with Crippen molar-refractivity contribution in [3.05, 3.63) is 30.1 Å². The summed E-state index contributed by atoms with van der Waals surface area (Å²) >= 11 is 0. The average Bonchev–Trinajstić information content (AvgIpc) is 2.26. The Morgan fingerprint density at radius 1 is 1.42 bits per heavy atom. The van der Waals surface area contributed by atoms with Gasteiger partial charge in [0.25, 0.3) is 0 Å². The number of likely N-dealkylation sites (tertiary alicyclic amines) is 1. The predicted octanol–water partition coefficient (Wildman–Crippen LogP) is 3.02. The van der Waals surface area contributed by atoms with E-state index in [4.69, 9.17) is 4.74 Å². The number of hydrogen-bond acceptors (Lipinski definition) is 3. The fourth-order valence-corrected chi connectivity index (χ4v) is 2.18. The summed E-state index contributed by atoms with van der Waals surface area (Å²) in [4.78, 5) is 17.8. The first-order chi connectivity index (χ1) is 8.96. The lowest BCUT2D eigenvalue weighted by Gasteiger charge is -2.41. The van der Waals surface area contributed by atoms with E-state index in [1.807, 2.05) is 50.2 Å². The second-order valence-electron chi connectivity index (χ2n) is 6.01. The van der Waals surface area contributed by atoms with Crippen LogP contribution in [0.4, 0.5) is 4.79 Å². The smallest absolute Gasteiger partial charge is 0.410 e. The number of nitrogens with zero attached hydrogens (tertiary/aromatic N) is 2. The second kappa shape index (κ2) is 5.59. The van der Waals surface area contributed by atoms with E-state index in [2.05, 4.69) is 4.98 Å². The molecule has 0 N–H and O–H groups in total. The zero-order chi connectivity index (χ0) is 13.9. The van der Waals surface area contributed by atoms with E-state index in [0.29, 0.717) is 6.04 Å². The first-order valence-corrected chi connectivity index (χ1v) is 6.84. The Morgan fingerprint density at radius 3 is 2.63 bits per heavy atom. The number of aromatic nitrogens is 1.